The van der Waals surface area contributed by atoms with Gasteiger partial charge in [0.15, 0.2) is 0 Å². The van der Waals surface area contributed by atoms with Crippen molar-refractivity contribution >= 4 is 15.9 Å². The maximum Gasteiger partial charge on any atom is 0.243 e. The van der Waals surface area contributed by atoms with Crippen LogP contribution in [0, 0.1) is 29.1 Å². The molecule has 150 valence electrons. The van der Waals surface area contributed by atoms with Crippen LogP contribution < -0.4 is 5.32 Å². The van der Waals surface area contributed by atoms with Gasteiger partial charge in [0, 0.05) is 12.1 Å². The average Bonchev–Trinajstić information content (AvgIpc) is 3.29. The van der Waals surface area contributed by atoms with E-state index in [0.29, 0.717) is 17.4 Å². The summed E-state index contributed by atoms with van der Waals surface area (Å²) in [4.78, 5) is 12.8. The second kappa shape index (κ2) is 7.49. The molecule has 0 heterocycles. The second-order valence-corrected chi connectivity index (χ2v) is 10.5. The van der Waals surface area contributed by atoms with Crippen molar-refractivity contribution < 1.29 is 13.2 Å². The van der Waals surface area contributed by atoms with Crippen LogP contribution in [0.25, 0.3) is 0 Å². The number of fused-ring (bicyclic) bond motifs is 2. The van der Waals surface area contributed by atoms with E-state index in [1.165, 1.54) is 54.3 Å². The largest absolute Gasteiger partial charge is 0.352 e. The van der Waals surface area contributed by atoms with Gasteiger partial charge in [0.2, 0.25) is 15.9 Å². The molecule has 3 aliphatic carbocycles. The second-order valence-electron chi connectivity index (χ2n) is 8.61. The first kappa shape index (κ1) is 19.4. The van der Waals surface area contributed by atoms with Crippen molar-refractivity contribution in [3.8, 4) is 6.07 Å². The molecule has 6 nitrogen and oxygen atoms in total. The fraction of sp³-hybridized carbons (Fsp3) is 0.619. The summed E-state index contributed by atoms with van der Waals surface area (Å²) in [6, 6.07) is 7.84. The zero-order valence-electron chi connectivity index (χ0n) is 16.2. The molecule has 4 rings (SSSR count). The highest BCUT2D eigenvalue weighted by molar-refractivity contribution is 7.89. The summed E-state index contributed by atoms with van der Waals surface area (Å²) < 4.78 is 27.4. The minimum Gasteiger partial charge on any atom is -0.352 e. The number of sulfonamides is 1. The highest BCUT2D eigenvalue weighted by Gasteiger charge is 2.43. The molecule has 0 unspecified atom stereocenters. The van der Waals surface area contributed by atoms with E-state index in [2.05, 4.69) is 12.2 Å². The normalized spacial score (nSPS) is 27.5. The van der Waals surface area contributed by atoms with Crippen molar-refractivity contribution in [3.63, 3.8) is 0 Å². The van der Waals surface area contributed by atoms with Gasteiger partial charge >= 0.3 is 0 Å². The van der Waals surface area contributed by atoms with Gasteiger partial charge in [-0.1, -0.05) is 6.42 Å². The summed E-state index contributed by atoms with van der Waals surface area (Å²) in [5.41, 5.74) is 0.411. The molecule has 4 atom stereocenters. The Labute approximate surface area is 167 Å². The van der Waals surface area contributed by atoms with Crippen LogP contribution in [0.15, 0.2) is 29.2 Å². The van der Waals surface area contributed by atoms with Crippen LogP contribution in [0.1, 0.15) is 51.0 Å². The molecular weight excluding hydrogens is 374 g/mol. The van der Waals surface area contributed by atoms with E-state index in [4.69, 9.17) is 5.26 Å². The monoisotopic (exact) mass is 401 g/mol. The van der Waals surface area contributed by atoms with Crippen molar-refractivity contribution in [2.75, 3.05) is 6.54 Å². The molecule has 28 heavy (non-hydrogen) atoms. The van der Waals surface area contributed by atoms with Gasteiger partial charge in [-0.15, -0.1) is 0 Å². The number of nitrogens with zero attached hydrogens (tertiary/aromatic N) is 2. The van der Waals surface area contributed by atoms with E-state index in [9.17, 15) is 13.2 Å². The first-order chi connectivity index (χ1) is 13.4. The Morgan fingerprint density at radius 3 is 2.46 bits per heavy atom. The molecule has 7 heteroatoms. The minimum absolute atomic E-state index is 0.0847. The van der Waals surface area contributed by atoms with Crippen molar-refractivity contribution in [2.24, 2.45) is 17.8 Å². The Morgan fingerprint density at radius 1 is 1.21 bits per heavy atom. The number of nitrogens with one attached hydrogen (secondary N) is 1. The number of carbonyl (C=O) groups is 1. The molecule has 0 aliphatic heterocycles. The Morgan fingerprint density at radius 2 is 1.93 bits per heavy atom. The molecule has 0 spiro atoms. The number of carbonyl (C=O) groups excluding carboxylic acids is 1. The number of nitriles is 1. The van der Waals surface area contributed by atoms with Gasteiger partial charge in [0.1, 0.15) is 0 Å². The van der Waals surface area contributed by atoms with Crippen LogP contribution in [-0.4, -0.2) is 37.3 Å². The quantitative estimate of drug-likeness (QED) is 0.760. The third-order valence-electron chi connectivity index (χ3n) is 6.67. The van der Waals surface area contributed by atoms with Crippen molar-refractivity contribution in [2.45, 2.75) is 62.4 Å². The molecule has 2 bridgehead atoms. The lowest BCUT2D eigenvalue weighted by Crippen LogP contribution is -2.47. The number of rotatable bonds is 7. The zero-order valence-corrected chi connectivity index (χ0v) is 17.0. The molecule has 3 saturated carbocycles. The number of hydrogen-bond donors (Lipinski definition) is 1. The first-order valence-corrected chi connectivity index (χ1v) is 11.6. The molecule has 1 amide bonds. The van der Waals surface area contributed by atoms with Gasteiger partial charge < -0.3 is 5.32 Å². The summed E-state index contributed by atoms with van der Waals surface area (Å²) in [5, 5.41) is 12.0. The first-order valence-electron chi connectivity index (χ1n) is 10.2. The SMILES string of the molecule is C[C@@H](NC(=O)CN(C1CC1)S(=O)(=O)c1ccc(C#N)cc1)[C@H]1C[C@H]2CC[C@H]1C2. The standard InChI is InChI=1S/C21H27N3O3S/c1-14(20-11-16-2-5-17(20)10-16)23-21(25)13-24(18-6-7-18)28(26,27)19-8-3-15(12-22)4-9-19/h3-4,8-9,14,16-18,20H,2,5-7,10-11,13H2,1H3,(H,23,25)/t14-,16+,17+,20-/m1/s1. The zero-order chi connectivity index (χ0) is 19.9. The molecule has 1 aromatic rings. The maximum absolute atomic E-state index is 13.1. The lowest BCUT2D eigenvalue weighted by Gasteiger charge is -2.29. The third-order valence-corrected chi connectivity index (χ3v) is 8.58. The van der Waals surface area contributed by atoms with E-state index in [1.54, 1.807) is 0 Å². The summed E-state index contributed by atoms with van der Waals surface area (Å²) in [7, 11) is -3.76. The van der Waals surface area contributed by atoms with E-state index >= 15 is 0 Å². The third kappa shape index (κ3) is 3.81. The highest BCUT2D eigenvalue weighted by Crippen LogP contribution is 2.49. The molecule has 3 fully saturated rings. The summed E-state index contributed by atoms with van der Waals surface area (Å²) in [5.74, 6) is 1.82. The molecule has 3 aliphatic rings. The summed E-state index contributed by atoms with van der Waals surface area (Å²) >= 11 is 0. The predicted molar refractivity (Wildman–Crippen MR) is 105 cm³/mol. The molecule has 0 saturated heterocycles. The van der Waals surface area contributed by atoms with Crippen LogP contribution in [0.4, 0.5) is 0 Å². The van der Waals surface area contributed by atoms with Crippen molar-refractivity contribution in [1.82, 2.24) is 9.62 Å². The molecule has 1 N–H and O–H groups in total. The highest BCUT2D eigenvalue weighted by atomic mass is 32.2. The Balaban J connectivity index is 1.43. The average molecular weight is 402 g/mol. The van der Waals surface area contributed by atoms with Gasteiger partial charge in [-0.05, 0) is 81.0 Å². The van der Waals surface area contributed by atoms with E-state index in [-0.39, 0.29) is 29.4 Å². The fourth-order valence-electron chi connectivity index (χ4n) is 5.06. The summed E-state index contributed by atoms with van der Waals surface area (Å²) in [6.45, 7) is 1.91. The van der Waals surface area contributed by atoms with Gasteiger partial charge in [-0.25, -0.2) is 8.42 Å². The summed E-state index contributed by atoms with van der Waals surface area (Å²) in [6.07, 6.45) is 6.61. The number of hydrogen-bond acceptors (Lipinski definition) is 4. The molecular formula is C21H27N3O3S. The number of benzene rings is 1. The molecule has 0 radical (unpaired) electrons. The van der Waals surface area contributed by atoms with Gasteiger partial charge in [-0.3, -0.25) is 4.79 Å². The maximum atomic E-state index is 13.1. The fourth-order valence-corrected chi connectivity index (χ4v) is 6.71. The van der Waals surface area contributed by atoms with Gasteiger partial charge in [0.05, 0.1) is 23.1 Å². The lowest BCUT2D eigenvalue weighted by atomic mass is 9.84. The molecule has 1 aromatic carbocycles. The van der Waals surface area contributed by atoms with E-state index in [1.807, 2.05) is 6.07 Å². The van der Waals surface area contributed by atoms with E-state index in [0.717, 1.165) is 18.8 Å². The van der Waals surface area contributed by atoms with Gasteiger partial charge in [-0.2, -0.15) is 9.57 Å². The van der Waals surface area contributed by atoms with Crippen molar-refractivity contribution in [1.29, 1.82) is 5.26 Å². The number of amides is 1. The van der Waals surface area contributed by atoms with Crippen LogP contribution in [-0.2, 0) is 14.8 Å². The minimum atomic E-state index is -3.76. The predicted octanol–water partition coefficient (Wildman–Crippen LogP) is 2.65. The topological polar surface area (TPSA) is 90.3 Å². The molecule has 0 aromatic heterocycles. The van der Waals surface area contributed by atoms with E-state index < -0.39 is 10.0 Å². The van der Waals surface area contributed by atoms with Crippen molar-refractivity contribution in [3.05, 3.63) is 29.8 Å². The van der Waals surface area contributed by atoms with Crippen LogP contribution in [0.5, 0.6) is 0 Å². The van der Waals surface area contributed by atoms with Crippen LogP contribution in [0.3, 0.4) is 0 Å². The van der Waals surface area contributed by atoms with Crippen LogP contribution in [0.2, 0.25) is 0 Å². The lowest BCUT2D eigenvalue weighted by molar-refractivity contribution is -0.122. The Bertz CT molecular complexity index is 886. The van der Waals surface area contributed by atoms with Crippen LogP contribution >= 0.6 is 0 Å². The smallest absolute Gasteiger partial charge is 0.243 e. The Kier molecular flexibility index (Phi) is 5.19. The van der Waals surface area contributed by atoms with Gasteiger partial charge in [0.25, 0.3) is 0 Å². The Hall–Kier alpha value is -1.91.